The summed E-state index contributed by atoms with van der Waals surface area (Å²) in [6, 6.07) is 11.1. The monoisotopic (exact) mass is 380 g/mol. The first-order chi connectivity index (χ1) is 12.5. The third-order valence-electron chi connectivity index (χ3n) is 4.05. The molecule has 0 bridgehead atoms. The molecule has 2 aromatic rings. The largest absolute Gasteiger partial charge is 0.459 e. The minimum atomic E-state index is -0.451. The van der Waals surface area contributed by atoms with Crippen molar-refractivity contribution in [2.45, 2.75) is 25.4 Å². The Kier molecular flexibility index (Phi) is 7.66. The topological polar surface area (TPSA) is 83.7 Å². The van der Waals surface area contributed by atoms with Crippen LogP contribution in [0.2, 0.25) is 5.02 Å². The zero-order valence-electron chi connectivity index (χ0n) is 15.0. The first-order valence-electron chi connectivity index (χ1n) is 8.42. The van der Waals surface area contributed by atoms with Gasteiger partial charge >= 0.3 is 0 Å². The van der Waals surface area contributed by atoms with Gasteiger partial charge in [-0.05, 0) is 49.7 Å². The number of carbonyl (C=O) groups is 1. The lowest BCUT2D eigenvalue weighted by Gasteiger charge is -2.29. The average Bonchev–Trinajstić information content (AvgIpc) is 3.08. The molecule has 26 heavy (non-hydrogen) atoms. The van der Waals surface area contributed by atoms with Crippen molar-refractivity contribution in [3.63, 3.8) is 0 Å². The van der Waals surface area contributed by atoms with Gasteiger partial charge in [-0.15, -0.1) is 0 Å². The third kappa shape index (κ3) is 6.14. The maximum atomic E-state index is 12.1. The van der Waals surface area contributed by atoms with Crippen molar-refractivity contribution in [3.05, 3.63) is 47.2 Å². The molecule has 0 aliphatic heterocycles. The Morgan fingerprint density at radius 2 is 2.00 bits per heavy atom. The minimum absolute atomic E-state index is 0.0222. The molecule has 0 radical (unpaired) electrons. The lowest BCUT2D eigenvalue weighted by atomic mass is 9.99. The number of nitrogens with one attached hydrogen (secondary N) is 2. The first kappa shape index (κ1) is 20.5. The minimum Gasteiger partial charge on any atom is -0.459 e. The molecule has 0 spiro atoms. The van der Waals surface area contributed by atoms with Gasteiger partial charge in [-0.2, -0.15) is 0 Å². The number of halogens is 1. The van der Waals surface area contributed by atoms with Gasteiger partial charge in [0.1, 0.15) is 11.5 Å². The Morgan fingerprint density at radius 1 is 1.27 bits per heavy atom. The lowest BCUT2D eigenvalue weighted by Crippen LogP contribution is -2.50. The maximum absolute atomic E-state index is 12.1. The normalized spacial score (nSPS) is 13.4. The van der Waals surface area contributed by atoms with Gasteiger partial charge in [-0.25, -0.2) is 0 Å². The van der Waals surface area contributed by atoms with Crippen LogP contribution in [0.5, 0.6) is 0 Å². The van der Waals surface area contributed by atoms with Gasteiger partial charge in [0, 0.05) is 29.8 Å². The van der Waals surface area contributed by atoms with Gasteiger partial charge in [0.25, 0.3) is 0 Å². The van der Waals surface area contributed by atoms with E-state index in [0.29, 0.717) is 30.4 Å². The Hall–Kier alpha value is -1.86. The number of hydrogen-bond donors (Lipinski definition) is 3. The first-order valence-corrected chi connectivity index (χ1v) is 8.80. The van der Waals surface area contributed by atoms with E-state index >= 15 is 0 Å². The van der Waals surface area contributed by atoms with Crippen LogP contribution in [0.15, 0.2) is 40.8 Å². The van der Waals surface area contributed by atoms with Crippen LogP contribution in [0.25, 0.3) is 11.3 Å². The second-order valence-corrected chi connectivity index (χ2v) is 6.81. The summed E-state index contributed by atoms with van der Waals surface area (Å²) in [6.45, 7) is 2.77. The van der Waals surface area contributed by atoms with Crippen molar-refractivity contribution in [1.29, 1.82) is 0 Å². The van der Waals surface area contributed by atoms with Gasteiger partial charge in [0.2, 0.25) is 5.91 Å². The van der Waals surface area contributed by atoms with Crippen LogP contribution in [-0.4, -0.2) is 43.4 Å². The molecule has 3 N–H and O–H groups in total. The quantitative estimate of drug-likeness (QED) is 0.590. The van der Waals surface area contributed by atoms with Crippen molar-refractivity contribution >= 4 is 17.5 Å². The molecule has 2 rings (SSSR count). The summed E-state index contributed by atoms with van der Waals surface area (Å²) in [6.07, 6.45) is 0.497. The Bertz CT molecular complexity index is 694. The number of carbonyl (C=O) groups excluding carboxylic acids is 1. The molecule has 1 atom stereocenters. The highest BCUT2D eigenvalue weighted by atomic mass is 35.5. The molecule has 1 aromatic carbocycles. The molecule has 1 heterocycles. The zero-order chi connectivity index (χ0) is 19.0. The van der Waals surface area contributed by atoms with Crippen LogP contribution < -0.4 is 10.6 Å². The number of methoxy groups -OCH3 is 1. The molecule has 1 aromatic heterocycles. The second-order valence-electron chi connectivity index (χ2n) is 6.37. The van der Waals surface area contributed by atoms with E-state index in [9.17, 15) is 4.79 Å². The smallest absolute Gasteiger partial charge is 0.234 e. The molecular weight excluding hydrogens is 356 g/mol. The zero-order valence-corrected chi connectivity index (χ0v) is 15.8. The summed E-state index contributed by atoms with van der Waals surface area (Å²) in [5, 5.41) is 15.8. The van der Waals surface area contributed by atoms with Gasteiger partial charge in [0.15, 0.2) is 0 Å². The highest BCUT2D eigenvalue weighted by Gasteiger charge is 2.23. The molecule has 1 amide bonds. The predicted molar refractivity (Wildman–Crippen MR) is 101 cm³/mol. The number of hydrogen-bond acceptors (Lipinski definition) is 5. The number of furan rings is 1. The number of aliphatic hydroxyl groups is 1. The fourth-order valence-corrected chi connectivity index (χ4v) is 2.69. The van der Waals surface area contributed by atoms with Crippen molar-refractivity contribution in [2.75, 3.05) is 26.9 Å². The highest BCUT2D eigenvalue weighted by Crippen LogP contribution is 2.23. The fourth-order valence-electron chi connectivity index (χ4n) is 2.56. The van der Waals surface area contributed by atoms with E-state index in [2.05, 4.69) is 10.6 Å². The van der Waals surface area contributed by atoms with E-state index in [4.69, 9.17) is 25.9 Å². The summed E-state index contributed by atoms with van der Waals surface area (Å²) < 4.78 is 10.9. The summed E-state index contributed by atoms with van der Waals surface area (Å²) in [5.41, 5.74) is 0.473. The SMILES string of the molecule is COC[C@](C)(CCO)NCC(=O)NCc1ccc(-c2ccc(Cl)cc2)o1. The number of rotatable bonds is 10. The van der Waals surface area contributed by atoms with E-state index < -0.39 is 5.54 Å². The van der Waals surface area contributed by atoms with Gasteiger partial charge in [-0.1, -0.05) is 11.6 Å². The standard InChI is InChI=1S/C19H25ClN2O4/c1-19(9-10-23,13-25-2)22-12-18(24)21-11-16-7-8-17(26-16)14-3-5-15(20)6-4-14/h3-8,22-23H,9-13H2,1-2H3,(H,21,24)/t19-/m0/s1. The maximum Gasteiger partial charge on any atom is 0.234 e. The van der Waals surface area contributed by atoms with E-state index in [1.807, 2.05) is 31.2 Å². The second kappa shape index (κ2) is 9.73. The van der Waals surface area contributed by atoms with Gasteiger partial charge in [-0.3, -0.25) is 4.79 Å². The molecule has 0 saturated heterocycles. The van der Waals surface area contributed by atoms with E-state index in [0.717, 1.165) is 11.3 Å². The summed E-state index contributed by atoms with van der Waals surface area (Å²) in [5.74, 6) is 1.23. The summed E-state index contributed by atoms with van der Waals surface area (Å²) in [4.78, 5) is 12.1. The van der Waals surface area contributed by atoms with Crippen LogP contribution in [-0.2, 0) is 16.1 Å². The molecule has 7 heteroatoms. The van der Waals surface area contributed by atoms with Crippen LogP contribution in [0.1, 0.15) is 19.1 Å². The molecule has 142 valence electrons. The molecule has 0 fully saturated rings. The third-order valence-corrected chi connectivity index (χ3v) is 4.30. The summed E-state index contributed by atoms with van der Waals surface area (Å²) in [7, 11) is 1.59. The van der Waals surface area contributed by atoms with Crippen molar-refractivity contribution in [3.8, 4) is 11.3 Å². The van der Waals surface area contributed by atoms with Crippen molar-refractivity contribution < 1.29 is 19.1 Å². The van der Waals surface area contributed by atoms with Crippen molar-refractivity contribution in [1.82, 2.24) is 10.6 Å². The number of aliphatic hydroxyl groups excluding tert-OH is 1. The van der Waals surface area contributed by atoms with E-state index in [-0.39, 0.29) is 19.1 Å². The van der Waals surface area contributed by atoms with E-state index in [1.165, 1.54) is 0 Å². The van der Waals surface area contributed by atoms with Gasteiger partial charge < -0.3 is 24.9 Å². The Balaban J connectivity index is 1.83. The summed E-state index contributed by atoms with van der Waals surface area (Å²) >= 11 is 5.88. The number of amides is 1. The number of ether oxygens (including phenoxy) is 1. The Morgan fingerprint density at radius 3 is 2.65 bits per heavy atom. The van der Waals surface area contributed by atoms with Crippen LogP contribution in [0.4, 0.5) is 0 Å². The van der Waals surface area contributed by atoms with Gasteiger partial charge in [0.05, 0.1) is 19.7 Å². The van der Waals surface area contributed by atoms with Crippen molar-refractivity contribution in [2.24, 2.45) is 0 Å². The van der Waals surface area contributed by atoms with Crippen LogP contribution in [0.3, 0.4) is 0 Å². The average molecular weight is 381 g/mol. The molecule has 0 unspecified atom stereocenters. The van der Waals surface area contributed by atoms with E-state index in [1.54, 1.807) is 19.2 Å². The van der Waals surface area contributed by atoms with Crippen LogP contribution in [0, 0.1) is 0 Å². The lowest BCUT2D eigenvalue weighted by molar-refractivity contribution is -0.121. The molecular formula is C19H25ClN2O4. The van der Waals surface area contributed by atoms with Crippen LogP contribution >= 0.6 is 11.6 Å². The fraction of sp³-hybridized carbons (Fsp3) is 0.421. The molecule has 0 saturated carbocycles. The molecule has 0 aliphatic carbocycles. The Labute approximate surface area is 158 Å². The highest BCUT2D eigenvalue weighted by molar-refractivity contribution is 6.30. The predicted octanol–water partition coefficient (Wildman–Crippen LogP) is 2.59. The molecule has 6 nitrogen and oxygen atoms in total. The molecule has 0 aliphatic rings. The number of benzene rings is 1.